The Hall–Kier alpha value is -1.88. The Balaban J connectivity index is 2.75. The molecule has 0 spiro atoms. The summed E-state index contributed by atoms with van der Waals surface area (Å²) in [4.78, 5) is 23.2. The van der Waals surface area contributed by atoms with Crippen molar-refractivity contribution in [3.05, 3.63) is 34.9 Å². The van der Waals surface area contributed by atoms with Gasteiger partial charge in [0.05, 0.1) is 0 Å². The molecule has 0 unspecified atom stereocenters. The van der Waals surface area contributed by atoms with Crippen LogP contribution in [0.4, 0.5) is 0 Å². The smallest absolute Gasteiger partial charge is 0.326 e. The molecule has 5 heteroatoms. The highest BCUT2D eigenvalue weighted by Crippen LogP contribution is 2.12. The van der Waals surface area contributed by atoms with Gasteiger partial charge in [-0.15, -0.1) is 0 Å². The van der Waals surface area contributed by atoms with Crippen molar-refractivity contribution < 1.29 is 19.8 Å². The fraction of sp³-hybridized carbons (Fsp3) is 0.529. The molecule has 2 atom stereocenters. The number of hydrogen-bond acceptors (Lipinski definition) is 3. The van der Waals surface area contributed by atoms with Crippen molar-refractivity contribution in [2.24, 2.45) is 5.92 Å². The SMILES string of the molecule is Cc1ccc(C[C@H](NC(=O)[C@@H](O)CC(C)C)C(=O)O)cc1C. The summed E-state index contributed by atoms with van der Waals surface area (Å²) in [6.07, 6.45) is -0.681. The van der Waals surface area contributed by atoms with E-state index >= 15 is 0 Å². The molecular formula is C17H25NO4. The van der Waals surface area contributed by atoms with Crippen LogP contribution in [0, 0.1) is 19.8 Å². The lowest BCUT2D eigenvalue weighted by Crippen LogP contribution is -2.46. The fourth-order valence-electron chi connectivity index (χ4n) is 2.19. The van der Waals surface area contributed by atoms with E-state index in [1.807, 2.05) is 45.9 Å². The van der Waals surface area contributed by atoms with Crippen molar-refractivity contribution >= 4 is 11.9 Å². The normalized spacial score (nSPS) is 13.7. The Morgan fingerprint density at radius 2 is 1.82 bits per heavy atom. The number of rotatable bonds is 7. The zero-order valence-electron chi connectivity index (χ0n) is 13.6. The number of aliphatic hydroxyl groups excluding tert-OH is 1. The van der Waals surface area contributed by atoms with Crippen molar-refractivity contribution in [3.63, 3.8) is 0 Å². The van der Waals surface area contributed by atoms with Crippen molar-refractivity contribution in [1.82, 2.24) is 5.32 Å². The zero-order valence-corrected chi connectivity index (χ0v) is 13.6. The van der Waals surface area contributed by atoms with Gasteiger partial charge in [0.15, 0.2) is 0 Å². The summed E-state index contributed by atoms with van der Waals surface area (Å²) in [5.74, 6) is -1.59. The minimum absolute atomic E-state index is 0.156. The van der Waals surface area contributed by atoms with Crippen LogP contribution in [-0.4, -0.2) is 34.2 Å². The summed E-state index contributed by atoms with van der Waals surface area (Å²) in [5.41, 5.74) is 3.05. The summed E-state index contributed by atoms with van der Waals surface area (Å²) in [6.45, 7) is 7.72. The minimum Gasteiger partial charge on any atom is -0.480 e. The first-order valence-electron chi connectivity index (χ1n) is 7.48. The van der Waals surface area contributed by atoms with E-state index in [1.54, 1.807) is 0 Å². The molecule has 0 saturated carbocycles. The lowest BCUT2D eigenvalue weighted by molar-refractivity contribution is -0.143. The van der Waals surface area contributed by atoms with Crippen LogP contribution in [0.3, 0.4) is 0 Å². The van der Waals surface area contributed by atoms with E-state index < -0.39 is 24.0 Å². The Morgan fingerprint density at radius 1 is 1.18 bits per heavy atom. The molecule has 1 aromatic rings. The van der Waals surface area contributed by atoms with Crippen LogP contribution >= 0.6 is 0 Å². The third-order valence-corrected chi connectivity index (χ3v) is 3.62. The standard InChI is InChI=1S/C17H25NO4/c1-10(2)7-15(19)16(20)18-14(17(21)22)9-13-6-5-11(3)12(4)8-13/h5-6,8,10,14-15,19H,7,9H2,1-4H3,(H,18,20)(H,21,22)/t14-,15-/m0/s1. The first-order valence-corrected chi connectivity index (χ1v) is 7.48. The molecule has 3 N–H and O–H groups in total. The van der Waals surface area contributed by atoms with E-state index in [2.05, 4.69) is 5.32 Å². The number of carboxylic acids is 1. The van der Waals surface area contributed by atoms with Crippen LogP contribution in [0.25, 0.3) is 0 Å². The molecule has 1 amide bonds. The summed E-state index contributed by atoms with van der Waals surface area (Å²) in [6, 6.07) is 4.66. The van der Waals surface area contributed by atoms with Crippen LogP contribution in [-0.2, 0) is 16.0 Å². The molecule has 1 aromatic carbocycles. The number of amides is 1. The molecule has 0 aliphatic heterocycles. The lowest BCUT2D eigenvalue weighted by Gasteiger charge is -2.18. The number of carbonyl (C=O) groups is 2. The number of aliphatic hydroxyl groups is 1. The molecule has 1 rings (SSSR count). The highest BCUT2D eigenvalue weighted by atomic mass is 16.4. The molecule has 0 saturated heterocycles. The van der Waals surface area contributed by atoms with Crippen LogP contribution < -0.4 is 5.32 Å². The van der Waals surface area contributed by atoms with Gasteiger partial charge in [0.25, 0.3) is 0 Å². The summed E-state index contributed by atoms with van der Waals surface area (Å²) in [7, 11) is 0. The highest BCUT2D eigenvalue weighted by Gasteiger charge is 2.24. The molecule has 5 nitrogen and oxygen atoms in total. The number of carboxylic acid groups (broad SMARTS) is 1. The van der Waals surface area contributed by atoms with Crippen molar-refractivity contribution in [2.45, 2.75) is 52.7 Å². The van der Waals surface area contributed by atoms with Crippen LogP contribution in [0.5, 0.6) is 0 Å². The monoisotopic (exact) mass is 307 g/mol. The largest absolute Gasteiger partial charge is 0.480 e. The maximum atomic E-state index is 11.9. The number of aryl methyl sites for hydroxylation is 2. The third-order valence-electron chi connectivity index (χ3n) is 3.62. The lowest BCUT2D eigenvalue weighted by atomic mass is 10.00. The topological polar surface area (TPSA) is 86.6 Å². The second-order valence-corrected chi connectivity index (χ2v) is 6.17. The van der Waals surface area contributed by atoms with Gasteiger partial charge in [-0.2, -0.15) is 0 Å². The molecule has 122 valence electrons. The number of hydrogen-bond donors (Lipinski definition) is 3. The van der Waals surface area contributed by atoms with E-state index in [-0.39, 0.29) is 12.3 Å². The van der Waals surface area contributed by atoms with E-state index in [0.29, 0.717) is 6.42 Å². The maximum absolute atomic E-state index is 11.9. The van der Waals surface area contributed by atoms with Crippen molar-refractivity contribution in [1.29, 1.82) is 0 Å². The molecule has 0 aliphatic rings. The van der Waals surface area contributed by atoms with Gasteiger partial charge in [-0.25, -0.2) is 4.79 Å². The minimum atomic E-state index is -1.18. The molecule has 0 aliphatic carbocycles. The molecule has 0 radical (unpaired) electrons. The predicted molar refractivity (Wildman–Crippen MR) is 84.6 cm³/mol. The Bertz CT molecular complexity index is 539. The summed E-state index contributed by atoms with van der Waals surface area (Å²) >= 11 is 0. The summed E-state index contributed by atoms with van der Waals surface area (Å²) in [5, 5.41) is 21.5. The molecule has 22 heavy (non-hydrogen) atoms. The average Bonchev–Trinajstić information content (AvgIpc) is 2.41. The second kappa shape index (κ2) is 7.94. The maximum Gasteiger partial charge on any atom is 0.326 e. The average molecular weight is 307 g/mol. The van der Waals surface area contributed by atoms with Gasteiger partial charge in [-0.1, -0.05) is 32.0 Å². The van der Waals surface area contributed by atoms with E-state index in [1.165, 1.54) is 0 Å². The van der Waals surface area contributed by atoms with Gasteiger partial charge < -0.3 is 15.5 Å². The summed E-state index contributed by atoms with van der Waals surface area (Å²) < 4.78 is 0. The van der Waals surface area contributed by atoms with Gasteiger partial charge in [0.2, 0.25) is 5.91 Å². The zero-order chi connectivity index (χ0) is 16.9. The molecular weight excluding hydrogens is 282 g/mol. The fourth-order valence-corrected chi connectivity index (χ4v) is 2.19. The van der Waals surface area contributed by atoms with Gasteiger partial charge in [-0.3, -0.25) is 4.79 Å². The molecule has 0 fully saturated rings. The van der Waals surface area contributed by atoms with Crippen molar-refractivity contribution in [3.8, 4) is 0 Å². The van der Waals surface area contributed by atoms with E-state index in [4.69, 9.17) is 0 Å². The number of nitrogens with one attached hydrogen (secondary N) is 1. The Labute approximate surface area is 131 Å². The number of aliphatic carboxylic acids is 1. The first kappa shape index (κ1) is 18.2. The Kier molecular flexibility index (Phi) is 6.56. The highest BCUT2D eigenvalue weighted by molar-refractivity contribution is 5.86. The van der Waals surface area contributed by atoms with Gasteiger partial charge in [-0.05, 0) is 42.9 Å². The van der Waals surface area contributed by atoms with Gasteiger partial charge >= 0.3 is 5.97 Å². The molecule has 0 aromatic heterocycles. The number of carbonyl (C=O) groups excluding carboxylic acids is 1. The van der Waals surface area contributed by atoms with Crippen LogP contribution in [0.15, 0.2) is 18.2 Å². The molecule has 0 heterocycles. The van der Waals surface area contributed by atoms with Crippen LogP contribution in [0.2, 0.25) is 0 Å². The predicted octanol–water partition coefficient (Wildman–Crippen LogP) is 1.82. The van der Waals surface area contributed by atoms with Crippen LogP contribution in [0.1, 0.15) is 37.0 Å². The van der Waals surface area contributed by atoms with E-state index in [9.17, 15) is 19.8 Å². The third kappa shape index (κ3) is 5.48. The Morgan fingerprint density at radius 3 is 2.32 bits per heavy atom. The quantitative estimate of drug-likeness (QED) is 0.717. The van der Waals surface area contributed by atoms with E-state index in [0.717, 1.165) is 16.7 Å². The van der Waals surface area contributed by atoms with Crippen molar-refractivity contribution in [2.75, 3.05) is 0 Å². The molecule has 0 bridgehead atoms. The van der Waals surface area contributed by atoms with Gasteiger partial charge in [0.1, 0.15) is 12.1 Å². The first-order chi connectivity index (χ1) is 10.2. The second-order valence-electron chi connectivity index (χ2n) is 6.17. The van der Waals surface area contributed by atoms with Gasteiger partial charge in [0, 0.05) is 6.42 Å². The number of benzene rings is 1.